The zero-order valence-corrected chi connectivity index (χ0v) is 10.5. The van der Waals surface area contributed by atoms with Gasteiger partial charge in [0, 0.05) is 5.56 Å². The summed E-state index contributed by atoms with van der Waals surface area (Å²) in [5.41, 5.74) is -0.0591. The molecule has 0 saturated carbocycles. The largest absolute Gasteiger partial charge is 0.573 e. The molecule has 1 heterocycles. The molecule has 0 radical (unpaired) electrons. The minimum absolute atomic E-state index is 0.105. The Morgan fingerprint density at radius 3 is 2.47 bits per heavy atom. The summed E-state index contributed by atoms with van der Waals surface area (Å²) in [5.74, 6) is -1.13. The molecule has 0 fully saturated rings. The van der Waals surface area contributed by atoms with E-state index in [2.05, 4.69) is 14.5 Å². The van der Waals surface area contributed by atoms with Gasteiger partial charge in [-0.1, -0.05) is 0 Å². The van der Waals surface area contributed by atoms with Crippen LogP contribution < -0.4 is 9.47 Å². The van der Waals surface area contributed by atoms with Crippen molar-refractivity contribution in [3.63, 3.8) is 0 Å². The third kappa shape index (κ3) is 4.01. The summed E-state index contributed by atoms with van der Waals surface area (Å²) >= 11 is 0. The topological polar surface area (TPSA) is 57.7 Å². The molecular weight excluding hydrogens is 267 g/mol. The molecule has 0 aromatic carbocycles. The van der Waals surface area contributed by atoms with Crippen molar-refractivity contribution in [1.82, 2.24) is 4.98 Å². The van der Waals surface area contributed by atoms with Crippen molar-refractivity contribution < 1.29 is 32.2 Å². The first-order chi connectivity index (χ1) is 8.78. The molecule has 8 heteroatoms. The van der Waals surface area contributed by atoms with Gasteiger partial charge in [0.15, 0.2) is 5.75 Å². The average molecular weight is 279 g/mol. The third-order valence-electron chi connectivity index (χ3n) is 2.29. The molecule has 0 unspecified atom stereocenters. The molecule has 19 heavy (non-hydrogen) atoms. The fourth-order valence-electron chi connectivity index (χ4n) is 1.41. The number of hydrogen-bond acceptors (Lipinski definition) is 5. The number of alkyl halides is 3. The van der Waals surface area contributed by atoms with E-state index in [1.165, 1.54) is 20.2 Å². The van der Waals surface area contributed by atoms with E-state index in [-0.39, 0.29) is 17.0 Å². The number of carbonyl (C=O) groups excluding carboxylic acids is 1. The third-order valence-corrected chi connectivity index (χ3v) is 2.29. The van der Waals surface area contributed by atoms with E-state index in [9.17, 15) is 18.0 Å². The summed E-state index contributed by atoms with van der Waals surface area (Å²) in [7, 11) is 2.42. The Morgan fingerprint density at radius 1 is 1.37 bits per heavy atom. The van der Waals surface area contributed by atoms with E-state index < -0.39 is 24.5 Å². The lowest BCUT2D eigenvalue weighted by molar-refractivity contribution is -0.275. The molecule has 0 atom stereocenters. The number of esters is 1. The molecule has 1 aromatic heterocycles. The van der Waals surface area contributed by atoms with Crippen LogP contribution in [0.5, 0.6) is 11.5 Å². The Kier molecular flexibility index (Phi) is 4.57. The van der Waals surface area contributed by atoms with Crippen LogP contribution in [0.4, 0.5) is 13.2 Å². The lowest BCUT2D eigenvalue weighted by Crippen LogP contribution is -2.20. The molecule has 1 rings (SSSR count). The minimum atomic E-state index is -4.89. The van der Waals surface area contributed by atoms with Gasteiger partial charge in [0.05, 0.1) is 32.5 Å². The van der Waals surface area contributed by atoms with Gasteiger partial charge in [-0.3, -0.25) is 9.78 Å². The van der Waals surface area contributed by atoms with Crippen LogP contribution in [0, 0.1) is 6.92 Å². The van der Waals surface area contributed by atoms with Crippen molar-refractivity contribution in [2.24, 2.45) is 0 Å². The first-order valence-electron chi connectivity index (χ1n) is 5.13. The summed E-state index contributed by atoms with van der Waals surface area (Å²) in [4.78, 5) is 14.9. The molecule has 0 amide bonds. The van der Waals surface area contributed by atoms with Gasteiger partial charge < -0.3 is 14.2 Å². The Hall–Kier alpha value is -1.99. The number of pyridine rings is 1. The number of methoxy groups -OCH3 is 2. The van der Waals surface area contributed by atoms with Gasteiger partial charge in [0.2, 0.25) is 0 Å². The Morgan fingerprint density at radius 2 is 2.00 bits per heavy atom. The van der Waals surface area contributed by atoms with Crippen molar-refractivity contribution in [2.45, 2.75) is 19.7 Å². The maximum Gasteiger partial charge on any atom is 0.573 e. The molecule has 106 valence electrons. The summed E-state index contributed by atoms with van der Waals surface area (Å²) in [6.07, 6.45) is -4.09. The van der Waals surface area contributed by atoms with Gasteiger partial charge in [0.1, 0.15) is 5.75 Å². The molecule has 0 bridgehead atoms. The number of rotatable bonds is 4. The molecule has 0 aliphatic carbocycles. The number of aromatic nitrogens is 1. The van der Waals surface area contributed by atoms with Crippen LogP contribution in [0.1, 0.15) is 11.3 Å². The SMILES string of the molecule is COC(=O)Cc1ncc(OC)c(C)c1OC(F)(F)F. The van der Waals surface area contributed by atoms with Crippen molar-refractivity contribution >= 4 is 5.97 Å². The first-order valence-corrected chi connectivity index (χ1v) is 5.13. The quantitative estimate of drug-likeness (QED) is 0.789. The highest BCUT2D eigenvalue weighted by molar-refractivity contribution is 5.73. The second-order valence-electron chi connectivity index (χ2n) is 3.53. The van der Waals surface area contributed by atoms with Crippen molar-refractivity contribution in [3.05, 3.63) is 17.5 Å². The van der Waals surface area contributed by atoms with Crippen LogP contribution in [-0.2, 0) is 16.0 Å². The second-order valence-corrected chi connectivity index (χ2v) is 3.53. The number of nitrogens with zero attached hydrogens (tertiary/aromatic N) is 1. The Bertz CT molecular complexity index is 474. The lowest BCUT2D eigenvalue weighted by atomic mass is 10.1. The monoisotopic (exact) mass is 279 g/mol. The van der Waals surface area contributed by atoms with Crippen LogP contribution in [0.3, 0.4) is 0 Å². The molecule has 0 aliphatic heterocycles. The normalized spacial score (nSPS) is 11.1. The molecule has 0 saturated heterocycles. The highest BCUT2D eigenvalue weighted by Crippen LogP contribution is 2.34. The number of hydrogen-bond donors (Lipinski definition) is 0. The van der Waals surface area contributed by atoms with E-state index in [1.807, 2.05) is 0 Å². The average Bonchev–Trinajstić information content (AvgIpc) is 2.32. The van der Waals surface area contributed by atoms with E-state index in [0.717, 1.165) is 7.11 Å². The highest BCUT2D eigenvalue weighted by Gasteiger charge is 2.34. The lowest BCUT2D eigenvalue weighted by Gasteiger charge is -2.16. The summed E-state index contributed by atoms with van der Waals surface area (Å²) in [6.45, 7) is 1.38. The van der Waals surface area contributed by atoms with Gasteiger partial charge in [-0.05, 0) is 6.92 Å². The van der Waals surface area contributed by atoms with Crippen LogP contribution in [-0.4, -0.2) is 31.5 Å². The zero-order chi connectivity index (χ0) is 14.6. The maximum absolute atomic E-state index is 12.3. The number of ether oxygens (including phenoxy) is 3. The van der Waals surface area contributed by atoms with Gasteiger partial charge >= 0.3 is 12.3 Å². The number of carbonyl (C=O) groups is 1. The van der Waals surface area contributed by atoms with Gasteiger partial charge in [0.25, 0.3) is 0 Å². The van der Waals surface area contributed by atoms with Crippen molar-refractivity contribution in [1.29, 1.82) is 0 Å². The van der Waals surface area contributed by atoms with Crippen LogP contribution in [0.2, 0.25) is 0 Å². The molecule has 0 N–H and O–H groups in total. The predicted octanol–water partition coefficient (Wildman–Crippen LogP) is 2.01. The molecule has 0 aliphatic rings. The van der Waals surface area contributed by atoms with Crippen molar-refractivity contribution in [2.75, 3.05) is 14.2 Å². The fourth-order valence-corrected chi connectivity index (χ4v) is 1.41. The fraction of sp³-hybridized carbons (Fsp3) is 0.455. The van der Waals surface area contributed by atoms with Crippen LogP contribution in [0.15, 0.2) is 6.20 Å². The maximum atomic E-state index is 12.3. The Balaban J connectivity index is 3.22. The van der Waals surface area contributed by atoms with E-state index in [0.29, 0.717) is 0 Å². The van der Waals surface area contributed by atoms with Gasteiger partial charge in [-0.2, -0.15) is 0 Å². The van der Waals surface area contributed by atoms with E-state index in [4.69, 9.17) is 4.74 Å². The Labute approximate surface area is 107 Å². The van der Waals surface area contributed by atoms with Gasteiger partial charge in [-0.15, -0.1) is 13.2 Å². The standard InChI is InChI=1S/C11H12F3NO4/c1-6-8(17-2)5-15-7(4-9(16)18-3)10(6)19-11(12,13)14/h5H,4H2,1-3H3. The number of halogens is 3. The second kappa shape index (κ2) is 5.77. The summed E-state index contributed by atoms with van der Waals surface area (Å²) in [5, 5.41) is 0. The first kappa shape index (κ1) is 15.1. The van der Waals surface area contributed by atoms with E-state index >= 15 is 0 Å². The van der Waals surface area contributed by atoms with Crippen molar-refractivity contribution in [3.8, 4) is 11.5 Å². The van der Waals surface area contributed by atoms with Crippen LogP contribution in [0.25, 0.3) is 0 Å². The molecule has 1 aromatic rings. The van der Waals surface area contributed by atoms with Crippen LogP contribution >= 0.6 is 0 Å². The summed E-state index contributed by atoms with van der Waals surface area (Å²) < 4.78 is 50.2. The smallest absolute Gasteiger partial charge is 0.495 e. The zero-order valence-electron chi connectivity index (χ0n) is 10.5. The van der Waals surface area contributed by atoms with Gasteiger partial charge in [-0.25, -0.2) is 0 Å². The molecular formula is C11H12F3NO4. The van der Waals surface area contributed by atoms with E-state index in [1.54, 1.807) is 0 Å². The molecule has 5 nitrogen and oxygen atoms in total. The molecule has 0 spiro atoms. The minimum Gasteiger partial charge on any atom is -0.495 e. The predicted molar refractivity (Wildman–Crippen MR) is 57.9 cm³/mol. The summed E-state index contributed by atoms with van der Waals surface area (Å²) in [6, 6.07) is 0. The highest BCUT2D eigenvalue weighted by atomic mass is 19.4.